The Morgan fingerprint density at radius 3 is 2.55 bits per heavy atom. The van der Waals surface area contributed by atoms with Gasteiger partial charge in [-0.15, -0.1) is 0 Å². The maximum absolute atomic E-state index is 14.4. The molecular formula is C38H45ClN8O4S2. The van der Waals surface area contributed by atoms with E-state index < -0.39 is 27.8 Å². The van der Waals surface area contributed by atoms with Crippen LogP contribution in [-0.2, 0) is 38.9 Å². The van der Waals surface area contributed by atoms with Crippen LogP contribution in [0.2, 0.25) is 5.02 Å². The van der Waals surface area contributed by atoms with Crippen molar-refractivity contribution in [3.63, 3.8) is 0 Å². The first kappa shape index (κ1) is 39.9. The van der Waals surface area contributed by atoms with Gasteiger partial charge in [0.1, 0.15) is 11.1 Å². The van der Waals surface area contributed by atoms with E-state index in [9.17, 15) is 18.0 Å². The predicted molar refractivity (Wildman–Crippen MR) is 210 cm³/mol. The molecule has 0 spiro atoms. The number of nitrogens with zero attached hydrogens (tertiary/aromatic N) is 3. The maximum Gasteiger partial charge on any atom is 0.243 e. The van der Waals surface area contributed by atoms with Crippen LogP contribution >= 0.6 is 23.4 Å². The number of aryl methyl sites for hydroxylation is 1. The Morgan fingerprint density at radius 1 is 1.04 bits per heavy atom. The first-order valence-corrected chi connectivity index (χ1v) is 20.3. The van der Waals surface area contributed by atoms with E-state index in [4.69, 9.17) is 28.8 Å². The monoisotopic (exact) mass is 776 g/mol. The first-order chi connectivity index (χ1) is 25.3. The molecule has 280 valence electrons. The smallest absolute Gasteiger partial charge is 0.243 e. The highest BCUT2D eigenvalue weighted by atomic mass is 35.5. The molecule has 0 radical (unpaired) electrons. The second-order valence-corrected chi connectivity index (χ2v) is 16.4. The molecule has 53 heavy (non-hydrogen) atoms. The molecule has 5 rings (SSSR count). The van der Waals surface area contributed by atoms with E-state index in [1.807, 2.05) is 43.3 Å². The van der Waals surface area contributed by atoms with Crippen molar-refractivity contribution in [2.45, 2.75) is 72.6 Å². The maximum atomic E-state index is 14.4. The number of rotatable bonds is 16. The van der Waals surface area contributed by atoms with Crippen molar-refractivity contribution in [2.24, 2.45) is 17.2 Å². The van der Waals surface area contributed by atoms with Gasteiger partial charge in [0.25, 0.3) is 0 Å². The molecule has 5 aromatic rings. The van der Waals surface area contributed by atoms with E-state index in [0.717, 1.165) is 40.4 Å². The fourth-order valence-electron chi connectivity index (χ4n) is 6.15. The van der Waals surface area contributed by atoms with Gasteiger partial charge in [-0.3, -0.25) is 14.6 Å². The number of fused-ring (bicyclic) bond motifs is 1. The zero-order valence-corrected chi connectivity index (χ0v) is 32.3. The predicted octanol–water partition coefficient (Wildman–Crippen LogP) is 4.74. The van der Waals surface area contributed by atoms with Crippen LogP contribution in [0.15, 0.2) is 88.0 Å². The molecule has 0 fully saturated rings. The Bertz CT molecular complexity index is 2210. The summed E-state index contributed by atoms with van der Waals surface area (Å²) in [6.45, 7) is 2.72. The van der Waals surface area contributed by atoms with E-state index >= 15 is 0 Å². The lowest BCUT2D eigenvalue weighted by Gasteiger charge is -2.30. The van der Waals surface area contributed by atoms with E-state index in [1.54, 1.807) is 31.6 Å². The summed E-state index contributed by atoms with van der Waals surface area (Å²) in [6.07, 6.45) is 7.74. The number of nitrogens with one attached hydrogen (secondary N) is 2. The van der Waals surface area contributed by atoms with E-state index in [-0.39, 0.29) is 30.3 Å². The third-order valence-electron chi connectivity index (χ3n) is 9.15. The van der Waals surface area contributed by atoms with Crippen LogP contribution in [0.3, 0.4) is 0 Å². The number of sulfone groups is 1. The number of halogens is 1. The molecule has 15 heteroatoms. The minimum absolute atomic E-state index is 0.0205. The molecule has 0 saturated heterocycles. The summed E-state index contributed by atoms with van der Waals surface area (Å²) >= 11 is 8.29. The summed E-state index contributed by atoms with van der Waals surface area (Å²) in [5, 5.41) is 5.05. The van der Waals surface area contributed by atoms with E-state index in [2.05, 4.69) is 20.3 Å². The molecule has 0 saturated carbocycles. The Balaban J connectivity index is 1.52. The molecule has 8 N–H and O–H groups in total. The minimum atomic E-state index is -3.53. The fourth-order valence-corrected chi connectivity index (χ4v) is 8.11. The third kappa shape index (κ3) is 9.63. The summed E-state index contributed by atoms with van der Waals surface area (Å²) < 4.78 is 24.7. The summed E-state index contributed by atoms with van der Waals surface area (Å²) in [5.74, 6) is -0.734. The zero-order chi connectivity index (χ0) is 38.3. The number of benzene rings is 2. The van der Waals surface area contributed by atoms with Crippen molar-refractivity contribution >= 4 is 55.9 Å². The number of carbonyl (C=O) groups is 2. The van der Waals surface area contributed by atoms with Gasteiger partial charge < -0.3 is 32.4 Å². The number of pyridine rings is 2. The Morgan fingerprint density at radius 2 is 1.81 bits per heavy atom. The zero-order valence-electron chi connectivity index (χ0n) is 29.9. The number of nitrogens with two attached hydrogens (primary N) is 3. The third-order valence-corrected chi connectivity index (χ3v) is 11.9. The minimum Gasteiger partial charge on any atom is -0.358 e. The Hall–Kier alpha value is -4.31. The molecule has 0 bridgehead atoms. The number of H-pyrrole nitrogens is 1. The molecule has 0 aliphatic heterocycles. The van der Waals surface area contributed by atoms with E-state index in [0.29, 0.717) is 51.0 Å². The van der Waals surface area contributed by atoms with Crippen LogP contribution < -0.4 is 22.5 Å². The lowest BCUT2D eigenvalue weighted by molar-refractivity contribution is -0.140. The van der Waals surface area contributed by atoms with Gasteiger partial charge in [0.15, 0.2) is 9.84 Å². The van der Waals surface area contributed by atoms with Crippen molar-refractivity contribution in [3.8, 4) is 11.1 Å². The number of aromatic nitrogens is 3. The number of aromatic amines is 1. The normalized spacial score (nSPS) is 12.8. The molecular weight excluding hydrogens is 732 g/mol. The molecule has 0 unspecified atom stereocenters. The summed E-state index contributed by atoms with van der Waals surface area (Å²) in [5.41, 5.74) is 23.4. The Kier molecular flexibility index (Phi) is 13.3. The number of likely N-dealkylation sites (N-methyl/N-ethyl adjacent to an activating group) is 1. The van der Waals surface area contributed by atoms with Crippen LogP contribution in [0.4, 0.5) is 0 Å². The summed E-state index contributed by atoms with van der Waals surface area (Å²) in [4.78, 5) is 42.3. The molecule has 2 atom stereocenters. The highest BCUT2D eigenvalue weighted by Gasteiger charge is 2.31. The number of hydrogen-bond acceptors (Lipinski definition) is 10. The number of amides is 2. The van der Waals surface area contributed by atoms with Crippen molar-refractivity contribution in [3.05, 3.63) is 101 Å². The van der Waals surface area contributed by atoms with Gasteiger partial charge in [-0.1, -0.05) is 54.0 Å². The average Bonchev–Trinajstić information content (AvgIpc) is 3.47. The molecule has 12 nitrogen and oxygen atoms in total. The van der Waals surface area contributed by atoms with Gasteiger partial charge in [-0.2, -0.15) is 0 Å². The number of carbonyl (C=O) groups excluding carboxylic acids is 2. The Labute approximate surface area is 319 Å². The van der Waals surface area contributed by atoms with Gasteiger partial charge in [-0.25, -0.2) is 13.4 Å². The van der Waals surface area contributed by atoms with Crippen molar-refractivity contribution < 1.29 is 18.0 Å². The van der Waals surface area contributed by atoms with Gasteiger partial charge in [-0.05, 0) is 78.9 Å². The van der Waals surface area contributed by atoms with Crippen LogP contribution in [0.5, 0.6) is 0 Å². The van der Waals surface area contributed by atoms with Gasteiger partial charge in [0, 0.05) is 78.5 Å². The van der Waals surface area contributed by atoms with Gasteiger partial charge in [0.2, 0.25) is 11.8 Å². The van der Waals surface area contributed by atoms with Crippen LogP contribution in [0, 0.1) is 6.92 Å². The van der Waals surface area contributed by atoms with Gasteiger partial charge >= 0.3 is 0 Å². The van der Waals surface area contributed by atoms with Crippen LogP contribution in [-0.4, -0.2) is 72.0 Å². The van der Waals surface area contributed by atoms with Crippen molar-refractivity contribution in [1.29, 1.82) is 0 Å². The standard InChI is InChI=1S/C38H45ClN8O4S2/c1-23-30(29-10-4-5-12-33(29)46-23)18-34(47(2)38(49)32(42)11-6-7-13-40)36(48)45-21-27-15-25(26-16-28(22-43-20-26)53(3,50)51)17-31(39)35(27)52-37-24(19-41)9-8-14-44-37/h4-5,8-10,12,14-17,20,22,32,34,46H,6-7,11,13,18-19,21,40-42H2,1-3H3,(H,45,48)/t32-,34-/m0/s1. The lowest BCUT2D eigenvalue weighted by Crippen LogP contribution is -2.53. The molecule has 3 heterocycles. The van der Waals surface area contributed by atoms with Crippen molar-refractivity contribution in [2.75, 3.05) is 19.8 Å². The fraction of sp³-hybridized carbons (Fsp3) is 0.316. The molecule has 0 aliphatic rings. The SMILES string of the molecule is Cc1[nH]c2ccccc2c1C[C@@H](C(=O)NCc1cc(-c2cncc(S(C)(=O)=O)c2)cc(Cl)c1Sc1ncccc1CN)N(C)C(=O)[C@@H](N)CCCCN. The quantitative estimate of drug-likeness (QED) is 0.0871. The number of hydrogen-bond donors (Lipinski definition) is 5. The second-order valence-electron chi connectivity index (χ2n) is 13.0. The number of unbranched alkanes of at least 4 members (excludes halogenated alkanes) is 1. The van der Waals surface area contributed by atoms with Gasteiger partial charge in [0.05, 0.1) is 16.0 Å². The number of para-hydroxylation sites is 1. The molecule has 3 aromatic heterocycles. The summed E-state index contributed by atoms with van der Waals surface area (Å²) in [7, 11) is -1.93. The van der Waals surface area contributed by atoms with Crippen LogP contribution in [0.1, 0.15) is 41.6 Å². The largest absolute Gasteiger partial charge is 0.358 e. The summed E-state index contributed by atoms with van der Waals surface area (Å²) in [6, 6.07) is 14.9. The van der Waals surface area contributed by atoms with Crippen LogP contribution in [0.25, 0.3) is 22.0 Å². The van der Waals surface area contributed by atoms with E-state index in [1.165, 1.54) is 28.9 Å². The topological polar surface area (TPSA) is 203 Å². The lowest BCUT2D eigenvalue weighted by atomic mass is 9.99. The second kappa shape index (κ2) is 17.7. The van der Waals surface area contributed by atoms with Crippen molar-refractivity contribution in [1.82, 2.24) is 25.2 Å². The molecule has 2 amide bonds. The molecule has 2 aromatic carbocycles. The highest BCUT2D eigenvalue weighted by Crippen LogP contribution is 2.40. The highest BCUT2D eigenvalue weighted by molar-refractivity contribution is 7.99. The average molecular weight is 777 g/mol. The first-order valence-electron chi connectivity index (χ1n) is 17.2. The molecule has 0 aliphatic carbocycles.